The van der Waals surface area contributed by atoms with Crippen molar-refractivity contribution in [2.45, 2.75) is 12.8 Å². The van der Waals surface area contributed by atoms with Crippen molar-refractivity contribution in [3.05, 3.63) is 48.0 Å². The smallest absolute Gasteiger partial charge is 0.225 e. The standard InChI is InChI=1S/C18H16N6/c19-10-14(17-22-15-5-1-2-6-16(15)23-17)9-13-11-20-18(21-12-13)24-7-3-4-8-24/h1-2,5-6,9,11-12H,3-4,7-8H2,(H,22,23)/b14-9+. The van der Waals surface area contributed by atoms with Gasteiger partial charge in [-0.25, -0.2) is 15.0 Å². The van der Waals surface area contributed by atoms with Gasteiger partial charge in [0, 0.05) is 31.0 Å². The fraction of sp³-hybridized carbons (Fsp3) is 0.222. The highest BCUT2D eigenvalue weighted by molar-refractivity contribution is 5.90. The second-order valence-electron chi connectivity index (χ2n) is 5.78. The van der Waals surface area contributed by atoms with Crippen LogP contribution in [-0.2, 0) is 0 Å². The number of hydrogen-bond acceptors (Lipinski definition) is 5. The highest BCUT2D eigenvalue weighted by atomic mass is 15.3. The van der Waals surface area contributed by atoms with Crippen LogP contribution >= 0.6 is 0 Å². The van der Waals surface area contributed by atoms with E-state index in [1.807, 2.05) is 24.3 Å². The van der Waals surface area contributed by atoms with Crippen molar-refractivity contribution >= 4 is 28.6 Å². The van der Waals surface area contributed by atoms with Crippen molar-refractivity contribution in [2.75, 3.05) is 18.0 Å². The number of aromatic amines is 1. The molecule has 6 heteroatoms. The average Bonchev–Trinajstić information content (AvgIpc) is 3.29. The number of fused-ring (bicyclic) bond motifs is 1. The van der Waals surface area contributed by atoms with Gasteiger partial charge in [-0.3, -0.25) is 0 Å². The summed E-state index contributed by atoms with van der Waals surface area (Å²) in [6, 6.07) is 9.91. The maximum Gasteiger partial charge on any atom is 0.225 e. The topological polar surface area (TPSA) is 81.5 Å². The minimum absolute atomic E-state index is 0.462. The summed E-state index contributed by atoms with van der Waals surface area (Å²) in [6.45, 7) is 2.02. The first-order chi connectivity index (χ1) is 11.8. The lowest BCUT2D eigenvalue weighted by molar-refractivity contribution is 0.897. The Hall–Kier alpha value is -3.20. The SMILES string of the molecule is N#C/C(=C\c1cnc(N2CCCC2)nc1)c1nc2ccccc2[nH]1. The minimum Gasteiger partial charge on any atom is -0.341 e. The van der Waals surface area contributed by atoms with Gasteiger partial charge in [0.05, 0.1) is 16.6 Å². The molecule has 1 fully saturated rings. The first-order valence-corrected chi connectivity index (χ1v) is 7.97. The van der Waals surface area contributed by atoms with Gasteiger partial charge in [-0.05, 0) is 31.1 Å². The number of nitrogens with one attached hydrogen (secondary N) is 1. The molecule has 1 saturated heterocycles. The molecule has 0 bridgehead atoms. The first-order valence-electron chi connectivity index (χ1n) is 7.97. The lowest BCUT2D eigenvalue weighted by Crippen LogP contribution is -2.20. The number of anilines is 1. The third-order valence-electron chi connectivity index (χ3n) is 4.12. The van der Waals surface area contributed by atoms with Gasteiger partial charge < -0.3 is 9.88 Å². The number of allylic oxidation sites excluding steroid dienone is 1. The number of imidazole rings is 1. The van der Waals surface area contributed by atoms with E-state index in [1.54, 1.807) is 18.5 Å². The van der Waals surface area contributed by atoms with E-state index in [4.69, 9.17) is 0 Å². The second kappa shape index (κ2) is 6.13. The van der Waals surface area contributed by atoms with Gasteiger partial charge in [0.15, 0.2) is 0 Å². The maximum absolute atomic E-state index is 9.47. The molecule has 0 spiro atoms. The molecule has 6 nitrogen and oxygen atoms in total. The molecule has 1 aliphatic heterocycles. The number of para-hydroxylation sites is 2. The van der Waals surface area contributed by atoms with Gasteiger partial charge in [-0.15, -0.1) is 0 Å². The number of benzene rings is 1. The van der Waals surface area contributed by atoms with Gasteiger partial charge in [0.1, 0.15) is 11.9 Å². The fourth-order valence-corrected chi connectivity index (χ4v) is 2.89. The number of H-pyrrole nitrogens is 1. The van der Waals surface area contributed by atoms with Crippen molar-refractivity contribution in [2.24, 2.45) is 0 Å². The Labute approximate surface area is 139 Å². The van der Waals surface area contributed by atoms with Gasteiger partial charge >= 0.3 is 0 Å². The molecular weight excluding hydrogens is 300 g/mol. The third-order valence-corrected chi connectivity index (χ3v) is 4.12. The van der Waals surface area contributed by atoms with Crippen molar-refractivity contribution in [3.8, 4) is 6.07 Å². The molecule has 0 aliphatic carbocycles. The number of nitrogens with zero attached hydrogens (tertiary/aromatic N) is 5. The van der Waals surface area contributed by atoms with Crippen molar-refractivity contribution in [3.63, 3.8) is 0 Å². The largest absolute Gasteiger partial charge is 0.341 e. The van der Waals surface area contributed by atoms with E-state index in [1.165, 1.54) is 12.8 Å². The van der Waals surface area contributed by atoms with E-state index in [2.05, 4.69) is 30.9 Å². The molecular formula is C18H16N6. The van der Waals surface area contributed by atoms with Crippen molar-refractivity contribution in [1.29, 1.82) is 5.26 Å². The zero-order valence-electron chi connectivity index (χ0n) is 13.1. The quantitative estimate of drug-likeness (QED) is 0.751. The summed E-state index contributed by atoms with van der Waals surface area (Å²) in [5.74, 6) is 1.31. The molecule has 0 saturated carbocycles. The fourth-order valence-electron chi connectivity index (χ4n) is 2.89. The molecule has 3 heterocycles. The van der Waals surface area contributed by atoms with E-state index >= 15 is 0 Å². The third kappa shape index (κ3) is 2.72. The number of rotatable bonds is 3. The molecule has 0 radical (unpaired) electrons. The van der Waals surface area contributed by atoms with Crippen LogP contribution in [-0.4, -0.2) is 33.0 Å². The molecule has 1 aromatic carbocycles. The summed E-state index contributed by atoms with van der Waals surface area (Å²) >= 11 is 0. The normalized spacial score (nSPS) is 15.0. The van der Waals surface area contributed by atoms with Gasteiger partial charge in [0.2, 0.25) is 5.95 Å². The average molecular weight is 316 g/mol. The molecule has 1 aliphatic rings. The van der Waals surface area contributed by atoms with Gasteiger partial charge in [-0.1, -0.05) is 12.1 Å². The Bertz CT molecular complexity index is 893. The zero-order valence-corrected chi connectivity index (χ0v) is 13.1. The number of nitriles is 1. The number of aromatic nitrogens is 4. The van der Waals surface area contributed by atoms with Crippen LogP contribution in [0.4, 0.5) is 5.95 Å². The van der Waals surface area contributed by atoms with Crippen LogP contribution in [0.3, 0.4) is 0 Å². The van der Waals surface area contributed by atoms with Gasteiger partial charge in [0.25, 0.3) is 0 Å². The van der Waals surface area contributed by atoms with Crippen molar-refractivity contribution < 1.29 is 0 Å². The van der Waals surface area contributed by atoms with Crippen LogP contribution in [0, 0.1) is 11.3 Å². The van der Waals surface area contributed by atoms with E-state index < -0.39 is 0 Å². The van der Waals surface area contributed by atoms with Crippen LogP contribution in [0.15, 0.2) is 36.7 Å². The summed E-state index contributed by atoms with van der Waals surface area (Å²) in [6.07, 6.45) is 7.64. The summed E-state index contributed by atoms with van der Waals surface area (Å²) in [5.41, 5.74) is 3.00. The molecule has 3 aromatic rings. The van der Waals surface area contributed by atoms with Gasteiger partial charge in [-0.2, -0.15) is 5.26 Å². The second-order valence-corrected chi connectivity index (χ2v) is 5.78. The molecule has 1 N–H and O–H groups in total. The Kier molecular flexibility index (Phi) is 3.67. The zero-order chi connectivity index (χ0) is 16.4. The molecule has 0 unspecified atom stereocenters. The Morgan fingerprint density at radius 1 is 1.17 bits per heavy atom. The van der Waals surface area contributed by atoms with Crippen LogP contribution in [0.2, 0.25) is 0 Å². The molecule has 24 heavy (non-hydrogen) atoms. The molecule has 0 amide bonds. The monoisotopic (exact) mass is 316 g/mol. The minimum atomic E-state index is 0.462. The molecule has 118 valence electrons. The Morgan fingerprint density at radius 2 is 1.92 bits per heavy atom. The first kappa shape index (κ1) is 14.4. The Morgan fingerprint density at radius 3 is 2.62 bits per heavy atom. The highest BCUT2D eigenvalue weighted by Crippen LogP contribution is 2.20. The van der Waals surface area contributed by atoms with Crippen LogP contribution in [0.25, 0.3) is 22.7 Å². The maximum atomic E-state index is 9.47. The van der Waals surface area contributed by atoms with Crippen LogP contribution in [0.5, 0.6) is 0 Å². The van der Waals surface area contributed by atoms with Crippen LogP contribution in [0.1, 0.15) is 24.2 Å². The predicted molar refractivity (Wildman–Crippen MR) is 93.1 cm³/mol. The number of hydrogen-bond donors (Lipinski definition) is 1. The summed E-state index contributed by atoms with van der Waals surface area (Å²) < 4.78 is 0. The lowest BCUT2D eigenvalue weighted by atomic mass is 10.2. The highest BCUT2D eigenvalue weighted by Gasteiger charge is 2.14. The summed E-state index contributed by atoms with van der Waals surface area (Å²) in [4.78, 5) is 18.6. The van der Waals surface area contributed by atoms with E-state index in [9.17, 15) is 5.26 Å². The van der Waals surface area contributed by atoms with Crippen LogP contribution < -0.4 is 4.90 Å². The van der Waals surface area contributed by atoms with Crippen molar-refractivity contribution in [1.82, 2.24) is 19.9 Å². The predicted octanol–water partition coefficient (Wildman–Crippen LogP) is 3.02. The van der Waals surface area contributed by atoms with E-state index in [0.29, 0.717) is 11.4 Å². The van der Waals surface area contributed by atoms with E-state index in [-0.39, 0.29) is 0 Å². The molecule has 2 aromatic heterocycles. The molecule has 0 atom stereocenters. The Balaban J connectivity index is 1.63. The molecule has 4 rings (SSSR count). The lowest BCUT2D eigenvalue weighted by Gasteiger charge is -2.14. The summed E-state index contributed by atoms with van der Waals surface area (Å²) in [7, 11) is 0. The summed E-state index contributed by atoms with van der Waals surface area (Å²) in [5, 5.41) is 9.47. The van der Waals surface area contributed by atoms with E-state index in [0.717, 1.165) is 35.6 Å².